The van der Waals surface area contributed by atoms with Crippen LogP contribution < -0.4 is 0 Å². The van der Waals surface area contributed by atoms with Crippen LogP contribution in [-0.2, 0) is 11.2 Å². The summed E-state index contributed by atoms with van der Waals surface area (Å²) in [7, 11) is 0. The van der Waals surface area contributed by atoms with Crippen molar-refractivity contribution >= 4 is 5.78 Å². The Morgan fingerprint density at radius 2 is 2.12 bits per heavy atom. The maximum Gasteiger partial charge on any atom is 0.150 e. The van der Waals surface area contributed by atoms with Crippen molar-refractivity contribution in [1.29, 1.82) is 5.26 Å². The second-order valence-corrected chi connectivity index (χ2v) is 4.81. The van der Waals surface area contributed by atoms with E-state index >= 15 is 0 Å². The van der Waals surface area contributed by atoms with E-state index in [0.717, 1.165) is 6.42 Å². The van der Waals surface area contributed by atoms with Crippen molar-refractivity contribution in [3.8, 4) is 6.07 Å². The third kappa shape index (κ3) is 4.03. The van der Waals surface area contributed by atoms with Crippen LogP contribution in [0.25, 0.3) is 0 Å². The molecule has 0 spiro atoms. The lowest BCUT2D eigenvalue weighted by Crippen LogP contribution is -2.18. The number of benzene rings is 1. The Bertz CT molecular complexity index is 429. The molecule has 0 N–H and O–H groups in total. The highest BCUT2D eigenvalue weighted by molar-refractivity contribution is 5.83. The van der Waals surface area contributed by atoms with Crippen LogP contribution in [0.2, 0.25) is 0 Å². The average Bonchev–Trinajstić information content (AvgIpc) is 2.27. The molecule has 17 heavy (non-hydrogen) atoms. The van der Waals surface area contributed by atoms with E-state index in [0.29, 0.717) is 6.42 Å². The monoisotopic (exact) mass is 229 g/mol. The Hall–Kier alpha value is -1.62. The Morgan fingerprint density at radius 3 is 2.65 bits per heavy atom. The molecule has 0 heterocycles. The summed E-state index contributed by atoms with van der Waals surface area (Å²) >= 11 is 0. The van der Waals surface area contributed by atoms with E-state index in [-0.39, 0.29) is 11.7 Å². The smallest absolute Gasteiger partial charge is 0.150 e. The van der Waals surface area contributed by atoms with Gasteiger partial charge in [-0.3, -0.25) is 4.79 Å². The number of nitriles is 1. The summed E-state index contributed by atoms with van der Waals surface area (Å²) in [6, 6.07) is 10.3. The molecule has 0 aliphatic heterocycles. The van der Waals surface area contributed by atoms with Crippen LogP contribution >= 0.6 is 0 Å². The fraction of sp³-hybridized carbons (Fsp3) is 0.467. The Balaban J connectivity index is 2.57. The van der Waals surface area contributed by atoms with Crippen LogP contribution in [0.15, 0.2) is 24.3 Å². The van der Waals surface area contributed by atoms with E-state index in [9.17, 15) is 4.79 Å². The minimum atomic E-state index is -0.459. The van der Waals surface area contributed by atoms with Crippen LogP contribution in [0, 0.1) is 30.1 Å². The van der Waals surface area contributed by atoms with Gasteiger partial charge in [-0.05, 0) is 24.8 Å². The van der Waals surface area contributed by atoms with Gasteiger partial charge in [-0.1, -0.05) is 43.7 Å². The molecule has 1 rings (SSSR count). The van der Waals surface area contributed by atoms with Gasteiger partial charge in [-0.2, -0.15) is 5.26 Å². The maximum absolute atomic E-state index is 11.9. The summed E-state index contributed by atoms with van der Waals surface area (Å²) in [5.41, 5.74) is 2.37. The zero-order chi connectivity index (χ0) is 12.8. The molecule has 0 aliphatic rings. The van der Waals surface area contributed by atoms with Gasteiger partial charge in [0, 0.05) is 6.42 Å². The number of aryl methyl sites for hydroxylation is 2. The second-order valence-electron chi connectivity index (χ2n) is 4.81. The minimum Gasteiger partial charge on any atom is -0.298 e. The van der Waals surface area contributed by atoms with Crippen LogP contribution in [0.5, 0.6) is 0 Å². The highest BCUT2D eigenvalue weighted by atomic mass is 16.1. The Kier molecular flexibility index (Phi) is 4.90. The summed E-state index contributed by atoms with van der Waals surface area (Å²) in [4.78, 5) is 11.9. The number of carbonyl (C=O) groups is 1. The normalized spacial score (nSPS) is 12.2. The summed E-state index contributed by atoms with van der Waals surface area (Å²) in [6.45, 7) is 5.87. The molecule has 0 saturated carbocycles. The van der Waals surface area contributed by atoms with E-state index in [1.807, 2.05) is 39.0 Å². The lowest BCUT2D eigenvalue weighted by molar-refractivity contribution is -0.122. The number of hydrogen-bond acceptors (Lipinski definition) is 2. The standard InChI is InChI=1S/C15H19NO/c1-11(2)14(10-16)15(17)8-7-13-6-4-5-12(3)9-13/h4-6,9,11,14H,7-8H2,1-3H3. The maximum atomic E-state index is 11.9. The Morgan fingerprint density at radius 1 is 1.41 bits per heavy atom. The van der Waals surface area contributed by atoms with Crippen LogP contribution in [-0.4, -0.2) is 5.78 Å². The molecule has 1 unspecified atom stereocenters. The van der Waals surface area contributed by atoms with Crippen molar-refractivity contribution in [2.45, 2.75) is 33.6 Å². The summed E-state index contributed by atoms with van der Waals surface area (Å²) in [6.07, 6.45) is 1.19. The van der Waals surface area contributed by atoms with Crippen molar-refractivity contribution in [1.82, 2.24) is 0 Å². The van der Waals surface area contributed by atoms with Gasteiger partial charge in [0.25, 0.3) is 0 Å². The van der Waals surface area contributed by atoms with Gasteiger partial charge in [0.2, 0.25) is 0 Å². The first-order valence-corrected chi connectivity index (χ1v) is 6.02. The van der Waals surface area contributed by atoms with Crippen LogP contribution in [0.3, 0.4) is 0 Å². The number of Topliss-reactive ketones (excluding diaryl/α,β-unsaturated/α-hetero) is 1. The second kappa shape index (κ2) is 6.20. The summed E-state index contributed by atoms with van der Waals surface area (Å²) in [5, 5.41) is 8.94. The SMILES string of the molecule is Cc1cccc(CCC(=O)C(C#N)C(C)C)c1. The Labute approximate surface area is 103 Å². The van der Waals surface area contributed by atoms with Crippen LogP contribution in [0.4, 0.5) is 0 Å². The first kappa shape index (κ1) is 13.4. The van der Waals surface area contributed by atoms with Gasteiger partial charge in [-0.15, -0.1) is 0 Å². The zero-order valence-corrected chi connectivity index (χ0v) is 10.7. The highest BCUT2D eigenvalue weighted by Gasteiger charge is 2.20. The van der Waals surface area contributed by atoms with Crippen molar-refractivity contribution < 1.29 is 4.79 Å². The number of nitrogens with zero attached hydrogens (tertiary/aromatic N) is 1. The molecule has 0 amide bonds. The van der Waals surface area contributed by atoms with E-state index in [2.05, 4.69) is 12.1 Å². The third-order valence-electron chi connectivity index (χ3n) is 2.90. The first-order chi connectivity index (χ1) is 8.04. The fourth-order valence-electron chi connectivity index (χ4n) is 1.88. The predicted molar refractivity (Wildman–Crippen MR) is 68.4 cm³/mol. The van der Waals surface area contributed by atoms with Crippen molar-refractivity contribution in [2.75, 3.05) is 0 Å². The van der Waals surface area contributed by atoms with E-state index < -0.39 is 5.92 Å². The molecule has 0 aromatic heterocycles. The molecule has 0 saturated heterocycles. The topological polar surface area (TPSA) is 40.9 Å². The first-order valence-electron chi connectivity index (χ1n) is 6.02. The average molecular weight is 229 g/mol. The van der Waals surface area contributed by atoms with Gasteiger partial charge in [0.05, 0.1) is 6.07 Å². The molecule has 2 heteroatoms. The highest BCUT2D eigenvalue weighted by Crippen LogP contribution is 2.15. The van der Waals surface area contributed by atoms with E-state index in [4.69, 9.17) is 5.26 Å². The summed E-state index contributed by atoms with van der Waals surface area (Å²) in [5.74, 6) is -0.297. The quantitative estimate of drug-likeness (QED) is 0.777. The molecule has 0 fully saturated rings. The van der Waals surface area contributed by atoms with Crippen molar-refractivity contribution in [3.05, 3.63) is 35.4 Å². The number of rotatable bonds is 5. The third-order valence-corrected chi connectivity index (χ3v) is 2.90. The molecule has 0 radical (unpaired) electrons. The molecule has 1 aromatic carbocycles. The number of ketones is 1. The number of hydrogen-bond donors (Lipinski definition) is 0. The van der Waals surface area contributed by atoms with Gasteiger partial charge >= 0.3 is 0 Å². The molecule has 1 atom stereocenters. The van der Waals surface area contributed by atoms with E-state index in [1.54, 1.807) is 0 Å². The van der Waals surface area contributed by atoms with Crippen LogP contribution in [0.1, 0.15) is 31.4 Å². The molecule has 90 valence electrons. The predicted octanol–water partition coefficient (Wildman–Crippen LogP) is 3.29. The van der Waals surface area contributed by atoms with Gasteiger partial charge in [0.1, 0.15) is 5.92 Å². The van der Waals surface area contributed by atoms with Crippen molar-refractivity contribution in [3.63, 3.8) is 0 Å². The molecular formula is C15H19NO. The van der Waals surface area contributed by atoms with Gasteiger partial charge in [0.15, 0.2) is 5.78 Å². The van der Waals surface area contributed by atoms with E-state index in [1.165, 1.54) is 11.1 Å². The zero-order valence-electron chi connectivity index (χ0n) is 10.7. The lowest BCUT2D eigenvalue weighted by Gasteiger charge is -2.11. The molecular weight excluding hydrogens is 210 g/mol. The van der Waals surface area contributed by atoms with Gasteiger partial charge in [-0.25, -0.2) is 0 Å². The molecule has 1 aromatic rings. The molecule has 0 aliphatic carbocycles. The largest absolute Gasteiger partial charge is 0.298 e. The minimum absolute atomic E-state index is 0.0593. The number of carbonyl (C=O) groups excluding carboxylic acids is 1. The fourth-order valence-corrected chi connectivity index (χ4v) is 1.88. The lowest BCUT2D eigenvalue weighted by atomic mass is 9.90. The molecule has 0 bridgehead atoms. The summed E-state index contributed by atoms with van der Waals surface area (Å²) < 4.78 is 0. The van der Waals surface area contributed by atoms with Crippen molar-refractivity contribution in [2.24, 2.45) is 11.8 Å². The molecule has 2 nitrogen and oxygen atoms in total. The van der Waals surface area contributed by atoms with Gasteiger partial charge < -0.3 is 0 Å².